The molecule has 61 heavy (non-hydrogen) atoms. The number of nitrogens with zero attached hydrogens (tertiary/aromatic N) is 3. The second-order valence-corrected chi connectivity index (χ2v) is 16.0. The molecule has 290 valence electrons. The van der Waals surface area contributed by atoms with Crippen molar-refractivity contribution in [3.8, 4) is 22.3 Å². The van der Waals surface area contributed by atoms with Crippen molar-refractivity contribution in [2.24, 2.45) is 15.9 Å². The van der Waals surface area contributed by atoms with Crippen LogP contribution in [0, 0.1) is 5.92 Å². The second-order valence-electron chi connectivity index (χ2n) is 16.0. The summed E-state index contributed by atoms with van der Waals surface area (Å²) in [5.74, 6) is 1.61. The summed E-state index contributed by atoms with van der Waals surface area (Å²) in [6, 6.07) is 58.7. The molecule has 6 heteroatoms. The van der Waals surface area contributed by atoms with Crippen molar-refractivity contribution in [3.63, 3.8) is 0 Å². The number of rotatable bonds is 6. The molecule has 0 amide bonds. The van der Waals surface area contributed by atoms with Crippen LogP contribution in [0.4, 0.5) is 0 Å². The molecule has 2 unspecified atom stereocenters. The second kappa shape index (κ2) is 14.2. The Morgan fingerprint density at radius 3 is 2.02 bits per heavy atom. The van der Waals surface area contributed by atoms with Gasteiger partial charge in [-0.25, -0.2) is 15.0 Å². The molecule has 0 radical (unpaired) electrons. The standard InChI is InChI=1S/C55H38N4O2/c1-33-31-38(29-30-39(33)50-52-48(44-22-9-11-28-47(44)61-52)45-26-13-23-40(49(45)56-50)34-15-4-2-5-16-34)55-58-53(35-17-6-3-7-18-35)57-54(59-55)37-20-12-19-36(32-37)41-24-14-25-43-42-21-8-10-27-46(42)60-51(41)43/h2-30,32-33,53H,31H2,1H3,(H,57,58,59). The summed E-state index contributed by atoms with van der Waals surface area (Å²) in [6.07, 6.45) is 4.86. The van der Waals surface area contributed by atoms with Gasteiger partial charge < -0.3 is 14.2 Å². The number of allylic oxidation sites excluding steroid dienone is 3. The molecule has 0 spiro atoms. The fraction of sp³-hybridized carbons (Fsp3) is 0.0727. The Hall–Kier alpha value is -7.83. The number of benzene rings is 7. The number of nitrogens with one attached hydrogen (secondary N) is 1. The van der Waals surface area contributed by atoms with Crippen LogP contribution in [0.25, 0.3) is 82.6 Å². The fourth-order valence-electron chi connectivity index (χ4n) is 9.25. The minimum atomic E-state index is -0.318. The van der Waals surface area contributed by atoms with Gasteiger partial charge in [-0.15, -0.1) is 0 Å². The van der Waals surface area contributed by atoms with Crippen LogP contribution in [0.5, 0.6) is 0 Å². The quantitative estimate of drug-likeness (QED) is 0.182. The monoisotopic (exact) mass is 786 g/mol. The number of amidine groups is 2. The maximum Gasteiger partial charge on any atom is 0.162 e. The first-order valence-corrected chi connectivity index (χ1v) is 20.8. The molecule has 1 N–H and O–H groups in total. The lowest BCUT2D eigenvalue weighted by atomic mass is 9.85. The predicted molar refractivity (Wildman–Crippen MR) is 250 cm³/mol. The first-order chi connectivity index (χ1) is 30.1. The summed E-state index contributed by atoms with van der Waals surface area (Å²) in [4.78, 5) is 16.0. The summed E-state index contributed by atoms with van der Waals surface area (Å²) in [5, 5.41) is 9.20. The lowest BCUT2D eigenvalue weighted by Gasteiger charge is -2.28. The van der Waals surface area contributed by atoms with Crippen LogP contribution in [-0.4, -0.2) is 16.7 Å². The zero-order chi connectivity index (χ0) is 40.4. The van der Waals surface area contributed by atoms with E-state index in [-0.39, 0.29) is 12.1 Å². The number of furan rings is 2. The molecule has 0 fully saturated rings. The van der Waals surface area contributed by atoms with Crippen LogP contribution >= 0.6 is 0 Å². The molecule has 2 aliphatic rings. The van der Waals surface area contributed by atoms with Crippen molar-refractivity contribution in [2.75, 3.05) is 0 Å². The lowest BCUT2D eigenvalue weighted by molar-refractivity contribution is 0.656. The topological polar surface area (TPSA) is 75.9 Å². The summed E-state index contributed by atoms with van der Waals surface area (Å²) >= 11 is 0. The highest BCUT2D eigenvalue weighted by atomic mass is 16.3. The molecule has 3 aromatic heterocycles. The number of pyridine rings is 1. The molecule has 1 aliphatic carbocycles. The Morgan fingerprint density at radius 1 is 0.557 bits per heavy atom. The summed E-state index contributed by atoms with van der Waals surface area (Å²) < 4.78 is 13.1. The first kappa shape index (κ1) is 35.1. The number of para-hydroxylation sites is 4. The Morgan fingerprint density at radius 2 is 1.20 bits per heavy atom. The highest BCUT2D eigenvalue weighted by molar-refractivity contribution is 6.22. The van der Waals surface area contributed by atoms with Crippen LogP contribution < -0.4 is 5.32 Å². The zero-order valence-electron chi connectivity index (χ0n) is 33.3. The third-order valence-electron chi connectivity index (χ3n) is 12.2. The van der Waals surface area contributed by atoms with E-state index in [9.17, 15) is 0 Å². The van der Waals surface area contributed by atoms with Gasteiger partial charge in [0.25, 0.3) is 0 Å². The minimum Gasteiger partial charge on any atom is -0.455 e. The van der Waals surface area contributed by atoms with Gasteiger partial charge in [0.1, 0.15) is 34.4 Å². The first-order valence-electron chi connectivity index (χ1n) is 20.8. The van der Waals surface area contributed by atoms with Crippen LogP contribution in [0.3, 0.4) is 0 Å². The Labute approximate surface area is 351 Å². The third kappa shape index (κ3) is 5.90. The van der Waals surface area contributed by atoms with Gasteiger partial charge in [0, 0.05) is 43.6 Å². The number of hydrogen-bond donors (Lipinski definition) is 1. The van der Waals surface area contributed by atoms with Crippen molar-refractivity contribution >= 4 is 72.0 Å². The minimum absolute atomic E-state index is 0.111. The van der Waals surface area contributed by atoms with Gasteiger partial charge in [-0.1, -0.05) is 171 Å². The van der Waals surface area contributed by atoms with Crippen molar-refractivity contribution in [1.29, 1.82) is 0 Å². The largest absolute Gasteiger partial charge is 0.455 e. The number of aromatic nitrogens is 1. The van der Waals surface area contributed by atoms with Crippen molar-refractivity contribution in [1.82, 2.24) is 10.3 Å². The molecule has 0 saturated heterocycles. The summed E-state index contributed by atoms with van der Waals surface area (Å²) in [6.45, 7) is 2.28. The molecule has 0 bridgehead atoms. The normalized spacial score (nSPS) is 16.7. The number of hydrogen-bond acceptors (Lipinski definition) is 6. The van der Waals surface area contributed by atoms with Crippen molar-refractivity contribution < 1.29 is 8.83 Å². The van der Waals surface area contributed by atoms with E-state index < -0.39 is 0 Å². The molecule has 4 heterocycles. The Balaban J connectivity index is 0.978. The molecule has 6 nitrogen and oxygen atoms in total. The number of aliphatic imine (C=N–C) groups is 2. The van der Waals surface area contributed by atoms with Gasteiger partial charge in [0.05, 0.1) is 5.52 Å². The summed E-state index contributed by atoms with van der Waals surface area (Å²) in [5.41, 5.74) is 13.8. The smallest absolute Gasteiger partial charge is 0.162 e. The highest BCUT2D eigenvalue weighted by Gasteiger charge is 2.29. The molecule has 0 saturated carbocycles. The van der Waals surface area contributed by atoms with Crippen LogP contribution in [0.2, 0.25) is 0 Å². The van der Waals surface area contributed by atoms with Crippen LogP contribution in [0.15, 0.2) is 206 Å². The van der Waals surface area contributed by atoms with Gasteiger partial charge in [0.15, 0.2) is 11.4 Å². The zero-order valence-corrected chi connectivity index (χ0v) is 33.3. The van der Waals surface area contributed by atoms with Gasteiger partial charge in [-0.3, -0.25) is 0 Å². The molecule has 12 rings (SSSR count). The number of fused-ring (bicyclic) bond motifs is 8. The maximum atomic E-state index is 6.71. The summed E-state index contributed by atoms with van der Waals surface area (Å²) in [7, 11) is 0. The van der Waals surface area contributed by atoms with Gasteiger partial charge in [-0.05, 0) is 58.4 Å². The van der Waals surface area contributed by atoms with Gasteiger partial charge in [0.2, 0.25) is 0 Å². The average molecular weight is 787 g/mol. The van der Waals surface area contributed by atoms with E-state index in [1.807, 2.05) is 30.3 Å². The van der Waals surface area contributed by atoms with Crippen LogP contribution in [0.1, 0.15) is 36.3 Å². The van der Waals surface area contributed by atoms with E-state index in [0.717, 1.165) is 117 Å². The van der Waals surface area contributed by atoms with E-state index in [2.05, 4.69) is 164 Å². The van der Waals surface area contributed by atoms with Gasteiger partial charge >= 0.3 is 0 Å². The third-order valence-corrected chi connectivity index (χ3v) is 12.2. The Kier molecular flexibility index (Phi) is 8.17. The molecular formula is C55H38N4O2. The van der Waals surface area contributed by atoms with E-state index in [0.29, 0.717) is 5.84 Å². The molecular weight excluding hydrogens is 749 g/mol. The average Bonchev–Trinajstić information content (AvgIpc) is 3.91. The van der Waals surface area contributed by atoms with Gasteiger partial charge in [-0.2, -0.15) is 0 Å². The fourth-order valence-corrected chi connectivity index (χ4v) is 9.25. The molecule has 10 aromatic rings. The molecule has 7 aromatic carbocycles. The van der Waals surface area contributed by atoms with E-state index in [4.69, 9.17) is 23.8 Å². The highest BCUT2D eigenvalue weighted by Crippen LogP contribution is 2.44. The Bertz CT molecular complexity index is 3500. The molecule has 2 atom stereocenters. The predicted octanol–water partition coefficient (Wildman–Crippen LogP) is 13.9. The SMILES string of the molecule is CC1CC(C2=NC(c3cccc(-c4cccc5c4oc4ccccc45)c3)=NC(c3ccccc3)N2)=CC=C1c1nc2c(-c3ccccc3)cccc2c2c1oc1ccccc12. The van der Waals surface area contributed by atoms with Crippen LogP contribution in [-0.2, 0) is 0 Å². The molecule has 1 aliphatic heterocycles. The maximum absolute atomic E-state index is 6.71. The lowest BCUT2D eigenvalue weighted by Crippen LogP contribution is -2.35. The van der Waals surface area contributed by atoms with E-state index in [1.165, 1.54) is 0 Å². The van der Waals surface area contributed by atoms with Crippen molar-refractivity contribution in [2.45, 2.75) is 19.5 Å². The van der Waals surface area contributed by atoms with E-state index >= 15 is 0 Å². The van der Waals surface area contributed by atoms with Crippen molar-refractivity contribution in [3.05, 3.63) is 204 Å². The van der Waals surface area contributed by atoms with E-state index in [1.54, 1.807) is 0 Å².